The molecule has 0 radical (unpaired) electrons. The molecule has 4 heteroatoms. The smallest absolute Gasteiger partial charge is 0.279 e. The molecule has 24 heavy (non-hydrogen) atoms. The maximum atomic E-state index is 12.2. The lowest BCUT2D eigenvalue weighted by Gasteiger charge is -2.16. The second-order valence-corrected chi connectivity index (χ2v) is 6.34. The highest BCUT2D eigenvalue weighted by Crippen LogP contribution is 2.31. The van der Waals surface area contributed by atoms with Gasteiger partial charge in [0.15, 0.2) is 6.54 Å². The number of fused-ring (bicyclic) bond motifs is 2. The van der Waals surface area contributed by atoms with Gasteiger partial charge in [0.05, 0.1) is 13.1 Å². The molecule has 0 bridgehead atoms. The van der Waals surface area contributed by atoms with E-state index in [-0.39, 0.29) is 5.91 Å². The molecule has 1 aliphatic heterocycles. The third-order valence-corrected chi connectivity index (χ3v) is 4.75. The Balaban J connectivity index is 1.75. The van der Waals surface area contributed by atoms with Gasteiger partial charge in [0.2, 0.25) is 0 Å². The summed E-state index contributed by atoms with van der Waals surface area (Å²) in [7, 11) is 0. The molecule has 0 fully saturated rings. The average molecular weight is 324 g/mol. The SMILES string of the molecule is CC[NH+](CC)CC(=O)Nc1ccc2c(c1)Nc1ccccc1CC2. The molecule has 0 saturated carbocycles. The third-order valence-electron chi connectivity index (χ3n) is 4.75. The second kappa shape index (κ2) is 7.49. The van der Waals surface area contributed by atoms with Crippen molar-refractivity contribution in [2.24, 2.45) is 0 Å². The van der Waals surface area contributed by atoms with Crippen LogP contribution in [0.15, 0.2) is 42.5 Å². The number of hydrogen-bond acceptors (Lipinski definition) is 2. The van der Waals surface area contributed by atoms with Crippen molar-refractivity contribution in [1.82, 2.24) is 0 Å². The van der Waals surface area contributed by atoms with Gasteiger partial charge in [-0.05, 0) is 56.0 Å². The Hall–Kier alpha value is -2.33. The van der Waals surface area contributed by atoms with Crippen LogP contribution in [0.25, 0.3) is 0 Å². The first-order chi connectivity index (χ1) is 11.7. The highest BCUT2D eigenvalue weighted by Gasteiger charge is 2.14. The number of anilines is 3. The largest absolute Gasteiger partial charge is 0.355 e. The van der Waals surface area contributed by atoms with Crippen molar-refractivity contribution in [3.05, 3.63) is 53.6 Å². The maximum absolute atomic E-state index is 12.2. The standard InChI is InChI=1S/C20H25N3O/c1-3-23(4-2)14-20(24)21-17-12-11-16-10-9-15-7-5-6-8-18(15)22-19(16)13-17/h5-8,11-13,22H,3-4,9-10,14H2,1-2H3,(H,21,24)/p+1. The van der Waals surface area contributed by atoms with E-state index >= 15 is 0 Å². The summed E-state index contributed by atoms with van der Waals surface area (Å²) >= 11 is 0. The van der Waals surface area contributed by atoms with Gasteiger partial charge in [0.1, 0.15) is 0 Å². The first-order valence-electron chi connectivity index (χ1n) is 8.81. The van der Waals surface area contributed by atoms with Crippen LogP contribution in [0, 0.1) is 0 Å². The Morgan fingerprint density at radius 2 is 1.75 bits per heavy atom. The fourth-order valence-electron chi connectivity index (χ4n) is 3.20. The fraction of sp³-hybridized carbons (Fsp3) is 0.350. The van der Waals surface area contributed by atoms with Crippen LogP contribution in [0.4, 0.5) is 17.1 Å². The van der Waals surface area contributed by atoms with Crippen molar-refractivity contribution >= 4 is 23.0 Å². The Morgan fingerprint density at radius 1 is 1.04 bits per heavy atom. The Kier molecular flexibility index (Phi) is 5.16. The highest BCUT2D eigenvalue weighted by atomic mass is 16.2. The molecule has 0 saturated heterocycles. The van der Waals surface area contributed by atoms with Crippen molar-refractivity contribution in [3.8, 4) is 0 Å². The van der Waals surface area contributed by atoms with Gasteiger partial charge in [-0.25, -0.2) is 0 Å². The van der Waals surface area contributed by atoms with Crippen LogP contribution in [0.2, 0.25) is 0 Å². The lowest BCUT2D eigenvalue weighted by atomic mass is 10.0. The lowest BCUT2D eigenvalue weighted by Crippen LogP contribution is -3.12. The van der Waals surface area contributed by atoms with Gasteiger partial charge in [-0.3, -0.25) is 4.79 Å². The summed E-state index contributed by atoms with van der Waals surface area (Å²) in [5.41, 5.74) is 5.74. The molecule has 3 rings (SSSR count). The minimum absolute atomic E-state index is 0.0719. The number of benzene rings is 2. The summed E-state index contributed by atoms with van der Waals surface area (Å²) in [6.07, 6.45) is 2.05. The summed E-state index contributed by atoms with van der Waals surface area (Å²) in [5, 5.41) is 6.56. The zero-order chi connectivity index (χ0) is 16.9. The van der Waals surface area contributed by atoms with Crippen molar-refractivity contribution in [3.63, 3.8) is 0 Å². The Morgan fingerprint density at radius 3 is 2.50 bits per heavy atom. The summed E-state index contributed by atoms with van der Waals surface area (Å²) in [4.78, 5) is 13.5. The molecule has 1 heterocycles. The molecule has 0 spiro atoms. The summed E-state index contributed by atoms with van der Waals surface area (Å²) in [6.45, 7) is 6.66. The number of carbonyl (C=O) groups is 1. The molecule has 2 aromatic carbocycles. The van der Waals surface area contributed by atoms with Crippen LogP contribution in [0.5, 0.6) is 0 Å². The van der Waals surface area contributed by atoms with E-state index in [1.165, 1.54) is 16.0 Å². The third kappa shape index (κ3) is 3.77. The average Bonchev–Trinajstić information content (AvgIpc) is 2.78. The molecule has 0 aliphatic carbocycles. The van der Waals surface area contributed by atoms with Crippen molar-refractivity contribution < 1.29 is 9.69 Å². The Labute approximate surface area is 143 Å². The zero-order valence-electron chi connectivity index (χ0n) is 14.5. The number of rotatable bonds is 5. The van der Waals surface area contributed by atoms with Gasteiger partial charge >= 0.3 is 0 Å². The molecular weight excluding hydrogens is 298 g/mol. The van der Waals surface area contributed by atoms with Crippen LogP contribution in [0.1, 0.15) is 25.0 Å². The number of quaternary nitrogens is 1. The number of hydrogen-bond donors (Lipinski definition) is 3. The number of nitrogens with one attached hydrogen (secondary N) is 3. The van der Waals surface area contributed by atoms with Gasteiger partial charge in [-0.1, -0.05) is 24.3 Å². The Bertz CT molecular complexity index is 723. The van der Waals surface area contributed by atoms with Crippen molar-refractivity contribution in [2.45, 2.75) is 26.7 Å². The van der Waals surface area contributed by atoms with E-state index in [1.807, 2.05) is 12.1 Å². The zero-order valence-corrected chi connectivity index (χ0v) is 14.5. The topological polar surface area (TPSA) is 45.6 Å². The molecule has 1 aliphatic rings. The van der Waals surface area contributed by atoms with Crippen LogP contribution in [0.3, 0.4) is 0 Å². The molecule has 2 aromatic rings. The first-order valence-corrected chi connectivity index (χ1v) is 8.81. The molecule has 126 valence electrons. The fourth-order valence-corrected chi connectivity index (χ4v) is 3.20. The lowest BCUT2D eigenvalue weighted by molar-refractivity contribution is -0.888. The van der Waals surface area contributed by atoms with E-state index in [2.05, 4.69) is 54.8 Å². The molecular formula is C20H26N3O+. The van der Waals surface area contributed by atoms with E-state index in [4.69, 9.17) is 0 Å². The van der Waals surface area contributed by atoms with Gasteiger partial charge in [-0.2, -0.15) is 0 Å². The number of amides is 1. The summed E-state index contributed by atoms with van der Waals surface area (Å²) < 4.78 is 0. The molecule has 4 nitrogen and oxygen atoms in total. The van der Waals surface area contributed by atoms with Crippen molar-refractivity contribution in [1.29, 1.82) is 0 Å². The quantitative estimate of drug-likeness (QED) is 0.791. The van der Waals surface area contributed by atoms with Gasteiger partial charge < -0.3 is 15.5 Å². The summed E-state index contributed by atoms with van der Waals surface area (Å²) in [5.74, 6) is 0.0719. The van der Waals surface area contributed by atoms with Gasteiger partial charge in [0, 0.05) is 17.1 Å². The van der Waals surface area contributed by atoms with Crippen LogP contribution >= 0.6 is 0 Å². The monoisotopic (exact) mass is 324 g/mol. The maximum Gasteiger partial charge on any atom is 0.279 e. The van der Waals surface area contributed by atoms with Gasteiger partial charge in [0.25, 0.3) is 5.91 Å². The van der Waals surface area contributed by atoms with Gasteiger partial charge in [-0.15, -0.1) is 0 Å². The number of para-hydroxylation sites is 1. The summed E-state index contributed by atoms with van der Waals surface area (Å²) in [6, 6.07) is 14.6. The van der Waals surface area contributed by atoms with Crippen LogP contribution in [-0.4, -0.2) is 25.5 Å². The minimum atomic E-state index is 0.0719. The first kappa shape index (κ1) is 16.5. The normalized spacial score (nSPS) is 12.8. The van der Waals surface area contributed by atoms with Crippen LogP contribution in [-0.2, 0) is 17.6 Å². The predicted octanol–water partition coefficient (Wildman–Crippen LogP) is 2.39. The molecule has 0 unspecified atom stereocenters. The molecule has 3 N–H and O–H groups in total. The highest BCUT2D eigenvalue weighted by molar-refractivity contribution is 5.92. The van der Waals surface area contributed by atoms with Crippen molar-refractivity contribution in [2.75, 3.05) is 30.3 Å². The van der Waals surface area contributed by atoms with E-state index < -0.39 is 0 Å². The molecule has 1 amide bonds. The van der Waals surface area contributed by atoms with E-state index in [9.17, 15) is 4.79 Å². The second-order valence-electron chi connectivity index (χ2n) is 6.34. The molecule has 0 atom stereocenters. The number of likely N-dealkylation sites (N-methyl/N-ethyl adjacent to an activating group) is 1. The van der Waals surface area contributed by atoms with E-state index in [0.717, 1.165) is 43.0 Å². The van der Waals surface area contributed by atoms with E-state index in [0.29, 0.717) is 6.54 Å². The van der Waals surface area contributed by atoms with Crippen LogP contribution < -0.4 is 15.5 Å². The number of aryl methyl sites for hydroxylation is 2. The number of carbonyl (C=O) groups excluding carboxylic acids is 1. The molecule has 0 aromatic heterocycles. The predicted molar refractivity (Wildman–Crippen MR) is 99.1 cm³/mol. The van der Waals surface area contributed by atoms with E-state index in [1.54, 1.807) is 0 Å². The minimum Gasteiger partial charge on any atom is -0.355 e.